The van der Waals surface area contributed by atoms with Crippen LogP contribution in [-0.2, 0) is 6.42 Å². The number of benzene rings is 1. The van der Waals surface area contributed by atoms with Crippen LogP contribution >= 0.6 is 15.9 Å². The van der Waals surface area contributed by atoms with E-state index in [2.05, 4.69) is 15.9 Å². The summed E-state index contributed by atoms with van der Waals surface area (Å²) in [7, 11) is 0. The fourth-order valence-electron chi connectivity index (χ4n) is 1.43. The molecule has 0 radical (unpaired) electrons. The van der Waals surface area contributed by atoms with Crippen LogP contribution in [-0.4, -0.2) is 5.11 Å². The number of rotatable bonds is 3. The second-order valence-corrected chi connectivity index (χ2v) is 4.32. The van der Waals surface area contributed by atoms with Gasteiger partial charge in [-0.2, -0.15) is 0 Å². The van der Waals surface area contributed by atoms with E-state index in [0.717, 1.165) is 15.6 Å². The molecule has 2 rings (SSSR count). The normalized spacial score (nSPS) is 12.7. The van der Waals surface area contributed by atoms with Gasteiger partial charge >= 0.3 is 0 Å². The van der Waals surface area contributed by atoms with Gasteiger partial charge in [0.05, 0.1) is 18.6 Å². The van der Waals surface area contributed by atoms with E-state index < -0.39 is 6.10 Å². The molecule has 2 aromatic rings. The summed E-state index contributed by atoms with van der Waals surface area (Å²) in [6, 6.07) is 9.54. The highest BCUT2D eigenvalue weighted by Gasteiger charge is 2.08. The molecular formula is C12H11BrO2. The number of aliphatic hydroxyl groups is 1. The molecule has 0 saturated heterocycles. The van der Waals surface area contributed by atoms with Crippen molar-refractivity contribution in [2.45, 2.75) is 12.5 Å². The van der Waals surface area contributed by atoms with Crippen molar-refractivity contribution in [2.75, 3.05) is 0 Å². The molecule has 0 bridgehead atoms. The van der Waals surface area contributed by atoms with Crippen LogP contribution < -0.4 is 0 Å². The van der Waals surface area contributed by atoms with Crippen LogP contribution in [0.1, 0.15) is 17.2 Å². The van der Waals surface area contributed by atoms with Gasteiger partial charge in [-0.25, -0.2) is 0 Å². The fourth-order valence-corrected chi connectivity index (χ4v) is 1.70. The van der Waals surface area contributed by atoms with E-state index >= 15 is 0 Å². The summed E-state index contributed by atoms with van der Waals surface area (Å²) >= 11 is 3.36. The summed E-state index contributed by atoms with van der Waals surface area (Å²) in [5, 5.41) is 9.93. The Morgan fingerprint density at radius 1 is 1.20 bits per heavy atom. The Morgan fingerprint density at radius 3 is 2.53 bits per heavy atom. The first kappa shape index (κ1) is 10.5. The lowest BCUT2D eigenvalue weighted by molar-refractivity contribution is 0.178. The van der Waals surface area contributed by atoms with Crippen molar-refractivity contribution in [2.24, 2.45) is 0 Å². The number of furan rings is 1. The standard InChI is InChI=1S/C12H11BrO2/c13-11-3-1-10(2-4-11)12(14)7-9-5-6-15-8-9/h1-6,8,12,14H,7H2. The second-order valence-electron chi connectivity index (χ2n) is 3.40. The molecular weight excluding hydrogens is 256 g/mol. The molecule has 0 aliphatic carbocycles. The summed E-state index contributed by atoms with van der Waals surface area (Å²) in [5.41, 5.74) is 1.92. The molecule has 1 heterocycles. The molecule has 2 nitrogen and oxygen atoms in total. The maximum absolute atomic E-state index is 9.93. The van der Waals surface area contributed by atoms with Crippen molar-refractivity contribution in [3.8, 4) is 0 Å². The largest absolute Gasteiger partial charge is 0.472 e. The van der Waals surface area contributed by atoms with E-state index in [1.165, 1.54) is 0 Å². The maximum Gasteiger partial charge on any atom is 0.0935 e. The molecule has 3 heteroatoms. The van der Waals surface area contributed by atoms with Crippen molar-refractivity contribution < 1.29 is 9.52 Å². The Hall–Kier alpha value is -1.06. The molecule has 0 amide bonds. The Kier molecular flexibility index (Phi) is 3.23. The molecule has 1 aromatic heterocycles. The predicted molar refractivity (Wildman–Crippen MR) is 61.5 cm³/mol. The van der Waals surface area contributed by atoms with Crippen LogP contribution in [0.5, 0.6) is 0 Å². The average molecular weight is 267 g/mol. The summed E-state index contributed by atoms with van der Waals surface area (Å²) in [6.07, 6.45) is 3.37. The monoisotopic (exact) mass is 266 g/mol. The number of halogens is 1. The molecule has 78 valence electrons. The lowest BCUT2D eigenvalue weighted by Crippen LogP contribution is -2.00. The van der Waals surface area contributed by atoms with Gasteiger partial charge in [0.2, 0.25) is 0 Å². The summed E-state index contributed by atoms with van der Waals surface area (Å²) in [5.74, 6) is 0. The maximum atomic E-state index is 9.93. The van der Waals surface area contributed by atoms with Gasteiger partial charge in [0.1, 0.15) is 0 Å². The van der Waals surface area contributed by atoms with E-state index in [9.17, 15) is 5.11 Å². The molecule has 1 aromatic carbocycles. The van der Waals surface area contributed by atoms with Crippen LogP contribution in [0.2, 0.25) is 0 Å². The minimum absolute atomic E-state index is 0.476. The highest BCUT2D eigenvalue weighted by Crippen LogP contribution is 2.20. The van der Waals surface area contributed by atoms with Gasteiger partial charge in [-0.15, -0.1) is 0 Å². The third-order valence-corrected chi connectivity index (χ3v) is 2.79. The zero-order chi connectivity index (χ0) is 10.7. The van der Waals surface area contributed by atoms with Crippen molar-refractivity contribution >= 4 is 15.9 Å². The molecule has 0 spiro atoms. The number of aliphatic hydroxyl groups excluding tert-OH is 1. The molecule has 0 aliphatic heterocycles. The zero-order valence-corrected chi connectivity index (χ0v) is 9.65. The molecule has 1 atom stereocenters. The van der Waals surface area contributed by atoms with Gasteiger partial charge in [-0.3, -0.25) is 0 Å². The van der Waals surface area contributed by atoms with Crippen molar-refractivity contribution in [1.82, 2.24) is 0 Å². The van der Waals surface area contributed by atoms with E-state index in [1.54, 1.807) is 12.5 Å². The lowest BCUT2D eigenvalue weighted by atomic mass is 10.0. The number of hydrogen-bond donors (Lipinski definition) is 1. The Labute approximate surface area is 96.7 Å². The first-order valence-electron chi connectivity index (χ1n) is 4.70. The number of hydrogen-bond acceptors (Lipinski definition) is 2. The minimum atomic E-state index is -0.476. The third-order valence-electron chi connectivity index (χ3n) is 2.26. The average Bonchev–Trinajstić information content (AvgIpc) is 2.71. The molecule has 0 fully saturated rings. The molecule has 1 N–H and O–H groups in total. The van der Waals surface area contributed by atoms with Crippen LogP contribution in [0.3, 0.4) is 0 Å². The Morgan fingerprint density at radius 2 is 1.93 bits per heavy atom. The van der Waals surface area contributed by atoms with E-state index in [0.29, 0.717) is 6.42 Å². The second kappa shape index (κ2) is 4.64. The molecule has 1 unspecified atom stereocenters. The fraction of sp³-hybridized carbons (Fsp3) is 0.167. The topological polar surface area (TPSA) is 33.4 Å². The Bertz CT molecular complexity index is 406. The van der Waals surface area contributed by atoms with E-state index in [1.807, 2.05) is 30.3 Å². The van der Waals surface area contributed by atoms with Gasteiger partial charge < -0.3 is 9.52 Å². The van der Waals surface area contributed by atoms with Gasteiger partial charge in [-0.05, 0) is 29.3 Å². The summed E-state index contributed by atoms with van der Waals surface area (Å²) in [6.45, 7) is 0. The Balaban J connectivity index is 2.08. The van der Waals surface area contributed by atoms with Gasteiger partial charge in [0, 0.05) is 10.9 Å². The van der Waals surface area contributed by atoms with E-state index in [4.69, 9.17) is 4.42 Å². The van der Waals surface area contributed by atoms with Crippen LogP contribution in [0.15, 0.2) is 51.7 Å². The quantitative estimate of drug-likeness (QED) is 0.925. The zero-order valence-electron chi connectivity index (χ0n) is 8.06. The predicted octanol–water partition coefficient (Wildman–Crippen LogP) is 3.32. The molecule has 0 saturated carbocycles. The third kappa shape index (κ3) is 2.70. The van der Waals surface area contributed by atoms with Gasteiger partial charge in [0.25, 0.3) is 0 Å². The van der Waals surface area contributed by atoms with E-state index in [-0.39, 0.29) is 0 Å². The smallest absolute Gasteiger partial charge is 0.0935 e. The van der Waals surface area contributed by atoms with Crippen molar-refractivity contribution in [1.29, 1.82) is 0 Å². The SMILES string of the molecule is OC(Cc1ccoc1)c1ccc(Br)cc1. The highest BCUT2D eigenvalue weighted by atomic mass is 79.9. The summed E-state index contributed by atoms with van der Waals surface area (Å²) < 4.78 is 5.97. The lowest BCUT2D eigenvalue weighted by Gasteiger charge is -2.09. The highest BCUT2D eigenvalue weighted by molar-refractivity contribution is 9.10. The molecule has 0 aliphatic rings. The van der Waals surface area contributed by atoms with Gasteiger partial charge in [-0.1, -0.05) is 28.1 Å². The first-order chi connectivity index (χ1) is 7.25. The van der Waals surface area contributed by atoms with Crippen LogP contribution in [0.4, 0.5) is 0 Å². The van der Waals surface area contributed by atoms with Crippen molar-refractivity contribution in [3.05, 3.63) is 58.5 Å². The van der Waals surface area contributed by atoms with Crippen molar-refractivity contribution in [3.63, 3.8) is 0 Å². The first-order valence-corrected chi connectivity index (χ1v) is 5.49. The van der Waals surface area contributed by atoms with Crippen LogP contribution in [0.25, 0.3) is 0 Å². The van der Waals surface area contributed by atoms with Gasteiger partial charge in [0.15, 0.2) is 0 Å². The van der Waals surface area contributed by atoms with Crippen LogP contribution in [0, 0.1) is 0 Å². The summed E-state index contributed by atoms with van der Waals surface area (Å²) in [4.78, 5) is 0. The molecule has 15 heavy (non-hydrogen) atoms. The minimum Gasteiger partial charge on any atom is -0.472 e.